The van der Waals surface area contributed by atoms with Gasteiger partial charge in [-0.3, -0.25) is 0 Å². The van der Waals surface area contributed by atoms with E-state index in [1.165, 1.54) is 12.0 Å². The lowest BCUT2D eigenvalue weighted by Gasteiger charge is -2.16. The van der Waals surface area contributed by atoms with Crippen LogP contribution >= 0.6 is 11.6 Å². The maximum absolute atomic E-state index is 5.91. The second-order valence-electron chi connectivity index (χ2n) is 4.74. The molecule has 2 aromatic carbocycles. The molecule has 0 radical (unpaired) electrons. The summed E-state index contributed by atoms with van der Waals surface area (Å²) in [6.07, 6.45) is 1.33. The lowest BCUT2D eigenvalue weighted by atomic mass is 10.1. The molecule has 0 spiro atoms. The van der Waals surface area contributed by atoms with Gasteiger partial charge in [0.05, 0.1) is 0 Å². The van der Waals surface area contributed by atoms with E-state index in [1.54, 1.807) is 0 Å². The van der Waals surface area contributed by atoms with Gasteiger partial charge in [-0.1, -0.05) is 29.8 Å². The molecule has 0 saturated heterocycles. The van der Waals surface area contributed by atoms with Crippen LogP contribution in [0.5, 0.6) is 0 Å². The molecule has 4 nitrogen and oxygen atoms in total. The van der Waals surface area contributed by atoms with Crippen molar-refractivity contribution >= 4 is 17.3 Å². The predicted octanol–water partition coefficient (Wildman–Crippen LogP) is 4.56. The summed E-state index contributed by atoms with van der Waals surface area (Å²) >= 11 is 5.91. The quantitative estimate of drug-likeness (QED) is 0.767. The third kappa shape index (κ3) is 3.23. The Hall–Kier alpha value is -2.33. The van der Waals surface area contributed by atoms with Crippen molar-refractivity contribution in [3.63, 3.8) is 0 Å². The van der Waals surface area contributed by atoms with E-state index in [0.717, 1.165) is 16.3 Å². The number of nitrogens with zero attached hydrogens (tertiary/aromatic N) is 2. The lowest BCUT2D eigenvalue weighted by Crippen LogP contribution is -2.06. The van der Waals surface area contributed by atoms with E-state index in [0.29, 0.717) is 5.89 Å². The van der Waals surface area contributed by atoms with Crippen LogP contribution in [0.1, 0.15) is 18.5 Å². The Bertz CT molecular complexity index is 711. The molecule has 0 aliphatic carbocycles. The van der Waals surface area contributed by atoms with Crippen molar-refractivity contribution in [3.05, 3.63) is 65.5 Å². The maximum Gasteiger partial charge on any atom is 0.247 e. The van der Waals surface area contributed by atoms with Crippen LogP contribution < -0.4 is 5.32 Å². The van der Waals surface area contributed by atoms with Crippen LogP contribution in [-0.2, 0) is 0 Å². The first-order valence-electron chi connectivity index (χ1n) is 6.61. The number of rotatable bonds is 4. The zero-order valence-electron chi connectivity index (χ0n) is 11.5. The molecule has 3 rings (SSSR count). The van der Waals surface area contributed by atoms with Gasteiger partial charge in [0.15, 0.2) is 0 Å². The highest BCUT2D eigenvalue weighted by Gasteiger charge is 2.08. The Morgan fingerprint density at radius 2 is 1.95 bits per heavy atom. The monoisotopic (exact) mass is 299 g/mol. The number of anilines is 1. The SMILES string of the molecule is CC(Nc1cccc(-c2nnco2)c1)c1ccc(Cl)cc1. The van der Waals surface area contributed by atoms with Crippen molar-refractivity contribution in [1.29, 1.82) is 0 Å². The Kier molecular flexibility index (Phi) is 3.88. The maximum atomic E-state index is 5.91. The molecule has 3 aromatic rings. The molecular weight excluding hydrogens is 286 g/mol. The Labute approximate surface area is 127 Å². The highest BCUT2D eigenvalue weighted by molar-refractivity contribution is 6.30. The highest BCUT2D eigenvalue weighted by atomic mass is 35.5. The van der Waals surface area contributed by atoms with Gasteiger partial charge in [0.25, 0.3) is 0 Å². The second kappa shape index (κ2) is 5.97. The summed E-state index contributed by atoms with van der Waals surface area (Å²) < 4.78 is 5.21. The molecule has 1 atom stereocenters. The van der Waals surface area contributed by atoms with Crippen molar-refractivity contribution in [1.82, 2.24) is 10.2 Å². The molecular formula is C16H14ClN3O. The minimum absolute atomic E-state index is 0.167. The van der Waals surface area contributed by atoms with Crippen molar-refractivity contribution in [3.8, 4) is 11.5 Å². The molecule has 0 saturated carbocycles. The van der Waals surface area contributed by atoms with Gasteiger partial charge in [0.1, 0.15) is 0 Å². The van der Waals surface area contributed by atoms with E-state index in [4.69, 9.17) is 16.0 Å². The summed E-state index contributed by atoms with van der Waals surface area (Å²) in [6.45, 7) is 2.10. The average molecular weight is 300 g/mol. The minimum atomic E-state index is 0.167. The lowest BCUT2D eigenvalue weighted by molar-refractivity contribution is 0.568. The molecule has 0 fully saturated rings. The van der Waals surface area contributed by atoms with Crippen LogP contribution in [0.4, 0.5) is 5.69 Å². The number of nitrogens with one attached hydrogen (secondary N) is 1. The molecule has 0 aliphatic rings. The second-order valence-corrected chi connectivity index (χ2v) is 5.18. The first-order chi connectivity index (χ1) is 10.2. The van der Waals surface area contributed by atoms with Crippen molar-refractivity contribution in [2.45, 2.75) is 13.0 Å². The smallest absolute Gasteiger partial charge is 0.247 e. The molecule has 1 unspecified atom stereocenters. The van der Waals surface area contributed by atoms with Crippen LogP contribution in [0, 0.1) is 0 Å². The zero-order valence-corrected chi connectivity index (χ0v) is 12.2. The van der Waals surface area contributed by atoms with Gasteiger partial charge in [0.2, 0.25) is 12.3 Å². The molecule has 1 N–H and O–H groups in total. The van der Waals surface area contributed by atoms with Gasteiger partial charge in [-0.2, -0.15) is 0 Å². The Balaban J connectivity index is 1.78. The molecule has 5 heteroatoms. The first-order valence-corrected chi connectivity index (χ1v) is 6.99. The largest absolute Gasteiger partial charge is 0.423 e. The van der Waals surface area contributed by atoms with Gasteiger partial charge in [-0.15, -0.1) is 10.2 Å². The standard InChI is InChI=1S/C16H14ClN3O/c1-11(12-5-7-14(17)8-6-12)19-15-4-2-3-13(9-15)16-20-18-10-21-16/h2-11,19H,1H3. The van der Waals surface area contributed by atoms with E-state index in [1.807, 2.05) is 48.5 Å². The van der Waals surface area contributed by atoms with E-state index in [9.17, 15) is 0 Å². The first kappa shape index (κ1) is 13.6. The summed E-state index contributed by atoms with van der Waals surface area (Å²) in [7, 11) is 0. The number of aromatic nitrogens is 2. The summed E-state index contributed by atoms with van der Waals surface area (Å²) in [5, 5.41) is 11.8. The third-order valence-electron chi connectivity index (χ3n) is 3.22. The van der Waals surface area contributed by atoms with Gasteiger partial charge in [-0.25, -0.2) is 0 Å². The summed E-state index contributed by atoms with van der Waals surface area (Å²) in [4.78, 5) is 0. The Morgan fingerprint density at radius 3 is 2.67 bits per heavy atom. The van der Waals surface area contributed by atoms with Crippen LogP contribution in [0.15, 0.2) is 59.3 Å². The number of benzene rings is 2. The Morgan fingerprint density at radius 1 is 1.14 bits per heavy atom. The molecule has 0 amide bonds. The van der Waals surface area contributed by atoms with E-state index < -0.39 is 0 Å². The summed E-state index contributed by atoms with van der Waals surface area (Å²) in [5.41, 5.74) is 3.05. The summed E-state index contributed by atoms with van der Waals surface area (Å²) in [5.74, 6) is 0.512. The minimum Gasteiger partial charge on any atom is -0.423 e. The number of hydrogen-bond donors (Lipinski definition) is 1. The molecule has 1 heterocycles. The van der Waals surface area contributed by atoms with Crippen molar-refractivity contribution in [2.24, 2.45) is 0 Å². The van der Waals surface area contributed by atoms with Crippen LogP contribution in [0.25, 0.3) is 11.5 Å². The van der Waals surface area contributed by atoms with Crippen molar-refractivity contribution < 1.29 is 4.42 Å². The molecule has 0 aliphatic heterocycles. The van der Waals surface area contributed by atoms with Gasteiger partial charge >= 0.3 is 0 Å². The van der Waals surface area contributed by atoms with Gasteiger partial charge in [-0.05, 0) is 42.8 Å². The summed E-state index contributed by atoms with van der Waals surface area (Å²) in [6, 6.07) is 15.9. The van der Waals surface area contributed by atoms with Crippen LogP contribution in [0.2, 0.25) is 5.02 Å². The average Bonchev–Trinajstić information content (AvgIpc) is 3.02. The fraction of sp³-hybridized carbons (Fsp3) is 0.125. The molecule has 106 valence electrons. The van der Waals surface area contributed by atoms with E-state index in [-0.39, 0.29) is 6.04 Å². The van der Waals surface area contributed by atoms with Gasteiger partial charge < -0.3 is 9.73 Å². The van der Waals surface area contributed by atoms with Crippen LogP contribution in [0.3, 0.4) is 0 Å². The molecule has 1 aromatic heterocycles. The normalized spacial score (nSPS) is 12.1. The van der Waals surface area contributed by atoms with Gasteiger partial charge in [0, 0.05) is 22.3 Å². The predicted molar refractivity (Wildman–Crippen MR) is 83.2 cm³/mol. The van der Waals surface area contributed by atoms with Crippen molar-refractivity contribution in [2.75, 3.05) is 5.32 Å². The zero-order chi connectivity index (χ0) is 14.7. The molecule has 21 heavy (non-hydrogen) atoms. The fourth-order valence-electron chi connectivity index (χ4n) is 2.13. The fourth-order valence-corrected chi connectivity index (χ4v) is 2.25. The third-order valence-corrected chi connectivity index (χ3v) is 3.47. The molecule has 0 bridgehead atoms. The number of halogens is 1. The van der Waals surface area contributed by atoms with E-state index in [2.05, 4.69) is 22.4 Å². The number of hydrogen-bond acceptors (Lipinski definition) is 4. The van der Waals surface area contributed by atoms with E-state index >= 15 is 0 Å². The highest BCUT2D eigenvalue weighted by Crippen LogP contribution is 2.24. The topological polar surface area (TPSA) is 51.0 Å². The van der Waals surface area contributed by atoms with Crippen LogP contribution in [-0.4, -0.2) is 10.2 Å².